The number of quaternary nitrogens is 1. The summed E-state index contributed by atoms with van der Waals surface area (Å²) >= 11 is 11.9. The number of nitrogens with two attached hydrogens (primary N) is 1. The van der Waals surface area contributed by atoms with Gasteiger partial charge >= 0.3 is 0 Å². The lowest BCUT2D eigenvalue weighted by molar-refractivity contribution is -0.724. The van der Waals surface area contributed by atoms with Crippen molar-refractivity contribution in [1.29, 1.82) is 0 Å². The van der Waals surface area contributed by atoms with E-state index in [1.165, 1.54) is 24.8 Å². The normalized spacial score (nSPS) is 25.5. The minimum absolute atomic E-state index is 0.441. The van der Waals surface area contributed by atoms with Crippen LogP contribution < -0.4 is 10.6 Å². The maximum absolute atomic E-state index is 10.3. The monoisotopic (exact) mass is 377 g/mol. The predicted octanol–water partition coefficient (Wildman–Crippen LogP) is 3.96. The molecule has 3 nitrogen and oxygen atoms in total. The summed E-state index contributed by atoms with van der Waals surface area (Å²) in [6.45, 7) is 1.04. The molecule has 2 aromatic rings. The molecule has 3 aliphatic carbocycles. The second-order valence-electron chi connectivity index (χ2n) is 7.27. The van der Waals surface area contributed by atoms with E-state index in [-0.39, 0.29) is 0 Å². The molecule has 3 saturated carbocycles. The van der Waals surface area contributed by atoms with Crippen molar-refractivity contribution < 1.29 is 10.4 Å². The summed E-state index contributed by atoms with van der Waals surface area (Å²) in [5, 5.41) is 16.8. The zero-order valence-corrected chi connectivity index (χ0v) is 15.5. The number of nitrogens with one attached hydrogen (secondary N) is 1. The van der Waals surface area contributed by atoms with Crippen LogP contribution >= 0.6 is 23.2 Å². The first-order valence-electron chi connectivity index (χ1n) is 8.92. The third-order valence-corrected chi connectivity index (χ3v) is 6.48. The smallest absolute Gasteiger partial charge is 0.150 e. The molecule has 3 fully saturated rings. The van der Waals surface area contributed by atoms with Crippen LogP contribution in [0.15, 0.2) is 42.5 Å². The fraction of sp³-hybridized carbons (Fsp3) is 0.400. The van der Waals surface area contributed by atoms with Gasteiger partial charge in [-0.25, -0.2) is 0 Å². The molecule has 0 spiro atoms. The first-order valence-corrected chi connectivity index (χ1v) is 9.67. The number of hydrogen-bond acceptors (Lipinski definition) is 2. The zero-order valence-electron chi connectivity index (χ0n) is 14.0. The van der Waals surface area contributed by atoms with Crippen LogP contribution in [0.2, 0.25) is 10.0 Å². The van der Waals surface area contributed by atoms with E-state index in [0.29, 0.717) is 15.6 Å². The fourth-order valence-electron chi connectivity index (χ4n) is 4.26. The number of anilines is 1. The van der Waals surface area contributed by atoms with E-state index >= 15 is 0 Å². The Kier molecular flexibility index (Phi) is 4.92. The Morgan fingerprint density at radius 2 is 1.76 bits per heavy atom. The van der Waals surface area contributed by atoms with E-state index in [0.717, 1.165) is 30.1 Å². The average Bonchev–Trinajstić information content (AvgIpc) is 3.23. The van der Waals surface area contributed by atoms with E-state index in [9.17, 15) is 5.11 Å². The summed E-state index contributed by atoms with van der Waals surface area (Å²) in [6.07, 6.45) is 3.50. The summed E-state index contributed by atoms with van der Waals surface area (Å²) in [5.41, 5.74) is 2.89. The van der Waals surface area contributed by atoms with Crippen LogP contribution in [0, 0.1) is 11.8 Å². The van der Waals surface area contributed by atoms with Crippen molar-refractivity contribution in [2.75, 3.05) is 5.32 Å². The summed E-state index contributed by atoms with van der Waals surface area (Å²) in [5.74, 6) is 1.93. The molecule has 0 aliphatic heterocycles. The first-order chi connectivity index (χ1) is 12.1. The maximum atomic E-state index is 10.3. The fourth-order valence-corrected chi connectivity index (χ4v) is 4.57. The molecule has 4 N–H and O–H groups in total. The molecule has 0 radical (unpaired) electrons. The largest absolute Gasteiger partial charge is 0.369 e. The quantitative estimate of drug-likeness (QED) is 0.667. The van der Waals surface area contributed by atoms with Crippen LogP contribution in [0.25, 0.3) is 0 Å². The number of aliphatic hydroxyl groups excluding tert-OH is 1. The van der Waals surface area contributed by atoms with E-state index in [4.69, 9.17) is 23.2 Å². The highest BCUT2D eigenvalue weighted by Gasteiger charge is 2.49. The van der Waals surface area contributed by atoms with Crippen molar-refractivity contribution in [3.63, 3.8) is 0 Å². The molecule has 3 aliphatic rings. The van der Waals surface area contributed by atoms with Crippen molar-refractivity contribution in [3.8, 4) is 0 Å². The topological polar surface area (TPSA) is 48.9 Å². The Bertz CT molecular complexity index is 736. The van der Waals surface area contributed by atoms with Crippen LogP contribution in [0.1, 0.15) is 36.6 Å². The Morgan fingerprint density at radius 1 is 1.04 bits per heavy atom. The highest BCUT2D eigenvalue weighted by atomic mass is 35.5. The molecule has 5 rings (SSSR count). The summed E-state index contributed by atoms with van der Waals surface area (Å²) in [6, 6.07) is 14.3. The van der Waals surface area contributed by atoms with Gasteiger partial charge in [0.05, 0.1) is 16.1 Å². The van der Waals surface area contributed by atoms with Gasteiger partial charge < -0.3 is 15.7 Å². The number of hydrogen-bond donors (Lipinski definition) is 3. The third-order valence-electron chi connectivity index (χ3n) is 5.74. The molecule has 3 unspecified atom stereocenters. The molecule has 25 heavy (non-hydrogen) atoms. The summed E-state index contributed by atoms with van der Waals surface area (Å²) in [7, 11) is 0. The molecule has 0 amide bonds. The molecule has 2 aromatic carbocycles. The summed E-state index contributed by atoms with van der Waals surface area (Å²) < 4.78 is 0. The van der Waals surface area contributed by atoms with Gasteiger partial charge in [0, 0.05) is 28.7 Å². The van der Waals surface area contributed by atoms with E-state index in [1.807, 2.05) is 12.1 Å². The molecular weight excluding hydrogens is 355 g/mol. The van der Waals surface area contributed by atoms with E-state index in [2.05, 4.69) is 22.8 Å². The van der Waals surface area contributed by atoms with Crippen LogP contribution in [0.4, 0.5) is 5.69 Å². The SMILES string of the molecule is OC(Nc1ccc(C[NH2+]C2C3CCC2C3)cc1)c1ccc(Cl)c(Cl)c1. The highest BCUT2D eigenvalue weighted by Crippen LogP contribution is 2.46. The molecule has 3 atom stereocenters. The van der Waals surface area contributed by atoms with E-state index in [1.54, 1.807) is 18.2 Å². The second kappa shape index (κ2) is 7.16. The summed E-state index contributed by atoms with van der Waals surface area (Å²) in [4.78, 5) is 0. The third kappa shape index (κ3) is 3.65. The van der Waals surface area contributed by atoms with Gasteiger partial charge in [-0.1, -0.05) is 41.4 Å². The Balaban J connectivity index is 1.32. The Hall–Kier alpha value is -1.26. The maximum Gasteiger partial charge on any atom is 0.150 e. The van der Waals surface area contributed by atoms with Crippen LogP contribution in [0.3, 0.4) is 0 Å². The van der Waals surface area contributed by atoms with Gasteiger partial charge in [0.2, 0.25) is 0 Å². The molecule has 0 aromatic heterocycles. The van der Waals surface area contributed by atoms with Crippen molar-refractivity contribution in [2.24, 2.45) is 11.8 Å². The van der Waals surface area contributed by atoms with Crippen LogP contribution in [-0.2, 0) is 6.54 Å². The molecule has 5 heteroatoms. The van der Waals surface area contributed by atoms with Gasteiger partial charge in [-0.2, -0.15) is 0 Å². The second-order valence-corrected chi connectivity index (χ2v) is 8.08. The molecule has 132 valence electrons. The van der Waals surface area contributed by atoms with Crippen molar-refractivity contribution in [3.05, 3.63) is 63.6 Å². The standard InChI is InChI=1S/C20H22Cl2N2O/c21-17-8-5-15(10-18(17)22)20(25)24-16-6-1-12(2-7-16)11-23-19-13-3-4-14(19)9-13/h1-2,5-8,10,13-14,19-20,23-25H,3-4,9,11H2/p+1. The molecule has 0 saturated heterocycles. The lowest BCUT2D eigenvalue weighted by Gasteiger charge is -2.33. The first kappa shape index (κ1) is 17.2. The number of fused-ring (bicyclic) bond motifs is 1. The number of aliphatic hydroxyl groups is 1. The number of halogens is 2. The van der Waals surface area contributed by atoms with Gasteiger partial charge in [0.15, 0.2) is 6.23 Å². The van der Waals surface area contributed by atoms with Crippen molar-refractivity contribution in [2.45, 2.75) is 38.1 Å². The van der Waals surface area contributed by atoms with Gasteiger partial charge in [-0.3, -0.25) is 0 Å². The highest BCUT2D eigenvalue weighted by molar-refractivity contribution is 6.42. The van der Waals surface area contributed by atoms with Gasteiger partial charge in [0.1, 0.15) is 6.54 Å². The predicted molar refractivity (Wildman–Crippen MR) is 102 cm³/mol. The Morgan fingerprint density at radius 3 is 2.40 bits per heavy atom. The number of benzene rings is 2. The average molecular weight is 378 g/mol. The molecule has 2 bridgehead atoms. The van der Waals surface area contributed by atoms with Gasteiger partial charge in [0.25, 0.3) is 0 Å². The molecular formula is C20H23Cl2N2O+. The van der Waals surface area contributed by atoms with Gasteiger partial charge in [-0.05, 0) is 43.5 Å². The zero-order chi connectivity index (χ0) is 17.4. The number of rotatable bonds is 6. The van der Waals surface area contributed by atoms with Crippen molar-refractivity contribution in [1.82, 2.24) is 0 Å². The van der Waals surface area contributed by atoms with Gasteiger partial charge in [-0.15, -0.1) is 0 Å². The van der Waals surface area contributed by atoms with Crippen LogP contribution in [-0.4, -0.2) is 11.1 Å². The van der Waals surface area contributed by atoms with Crippen molar-refractivity contribution >= 4 is 28.9 Å². The van der Waals surface area contributed by atoms with E-state index < -0.39 is 6.23 Å². The Labute approximate surface area is 158 Å². The molecule has 0 heterocycles. The lowest BCUT2D eigenvalue weighted by Crippen LogP contribution is -2.93. The van der Waals surface area contributed by atoms with Crippen LogP contribution in [0.5, 0.6) is 0 Å². The minimum Gasteiger partial charge on any atom is -0.369 e. The lowest BCUT2D eigenvalue weighted by atomic mass is 9.78. The minimum atomic E-state index is -0.821.